The van der Waals surface area contributed by atoms with E-state index in [0.717, 1.165) is 12.3 Å². The van der Waals surface area contributed by atoms with Crippen LogP contribution in [-0.4, -0.2) is 10.7 Å². The summed E-state index contributed by atoms with van der Waals surface area (Å²) in [5.74, 6) is 0.825. The molecule has 0 nitrogen and oxygen atoms in total. The molecule has 0 fully saturated rings. The van der Waals surface area contributed by atoms with E-state index in [9.17, 15) is 0 Å². The molecule has 0 bridgehead atoms. The van der Waals surface area contributed by atoms with Crippen molar-refractivity contribution in [2.24, 2.45) is 0 Å². The highest BCUT2D eigenvalue weighted by atomic mass is 35.5. The van der Waals surface area contributed by atoms with Crippen LogP contribution in [0, 0.1) is 0 Å². The standard InChI is InChI=1S/C14H27Cl3/c15-13-11-9-7-5-3-1-2-4-6-8-10-12-14(16)17/h14H,1-13H2. The molecule has 0 N–H and O–H groups in total. The van der Waals surface area contributed by atoms with Crippen LogP contribution in [0.15, 0.2) is 0 Å². The molecule has 0 rings (SSSR count). The first-order valence-electron chi connectivity index (χ1n) is 7.11. The summed E-state index contributed by atoms with van der Waals surface area (Å²) in [4.78, 5) is -0.164. The van der Waals surface area contributed by atoms with E-state index in [-0.39, 0.29) is 4.84 Å². The summed E-state index contributed by atoms with van der Waals surface area (Å²) in [6.45, 7) is 0. The normalized spacial score (nSPS) is 11.3. The molecule has 0 aliphatic carbocycles. The van der Waals surface area contributed by atoms with Gasteiger partial charge in [-0.15, -0.1) is 34.8 Å². The van der Waals surface area contributed by atoms with Crippen molar-refractivity contribution in [1.29, 1.82) is 0 Å². The minimum absolute atomic E-state index is 0.164. The molecule has 0 saturated carbocycles. The van der Waals surface area contributed by atoms with Gasteiger partial charge in [0.25, 0.3) is 0 Å². The topological polar surface area (TPSA) is 0 Å². The van der Waals surface area contributed by atoms with Crippen molar-refractivity contribution in [3.05, 3.63) is 0 Å². The molecular formula is C14H27Cl3. The number of rotatable bonds is 13. The van der Waals surface area contributed by atoms with Gasteiger partial charge in [0, 0.05) is 5.88 Å². The summed E-state index contributed by atoms with van der Waals surface area (Å²) in [5, 5.41) is 0. The Morgan fingerprint density at radius 2 is 0.882 bits per heavy atom. The van der Waals surface area contributed by atoms with Gasteiger partial charge in [0.15, 0.2) is 0 Å². The summed E-state index contributed by atoms with van der Waals surface area (Å²) in [5.41, 5.74) is 0. The average molecular weight is 302 g/mol. The third kappa shape index (κ3) is 16.9. The monoisotopic (exact) mass is 300 g/mol. The Morgan fingerprint density at radius 1 is 0.529 bits per heavy atom. The first-order chi connectivity index (χ1) is 8.27. The van der Waals surface area contributed by atoms with Gasteiger partial charge in [0.05, 0.1) is 0 Å². The van der Waals surface area contributed by atoms with E-state index in [1.807, 2.05) is 0 Å². The van der Waals surface area contributed by atoms with Crippen molar-refractivity contribution in [3.8, 4) is 0 Å². The van der Waals surface area contributed by atoms with Gasteiger partial charge in [-0.2, -0.15) is 0 Å². The minimum atomic E-state index is -0.164. The molecule has 0 aromatic rings. The Hall–Kier alpha value is 0.870. The SMILES string of the molecule is ClCCCCCCCCCCCCCC(Cl)Cl. The van der Waals surface area contributed by atoms with Gasteiger partial charge in [-0.3, -0.25) is 0 Å². The lowest BCUT2D eigenvalue weighted by Crippen LogP contribution is -1.87. The summed E-state index contributed by atoms with van der Waals surface area (Å²) >= 11 is 17.0. The molecule has 0 radical (unpaired) electrons. The van der Waals surface area contributed by atoms with Gasteiger partial charge in [-0.05, 0) is 12.8 Å². The summed E-state index contributed by atoms with van der Waals surface area (Å²) in [6, 6.07) is 0. The number of alkyl halides is 3. The zero-order chi connectivity index (χ0) is 12.8. The number of hydrogen-bond donors (Lipinski definition) is 0. The molecule has 0 aliphatic rings. The number of hydrogen-bond acceptors (Lipinski definition) is 0. The van der Waals surface area contributed by atoms with Crippen molar-refractivity contribution < 1.29 is 0 Å². The number of halogens is 3. The maximum Gasteiger partial charge on any atom is 0.107 e. The van der Waals surface area contributed by atoms with Crippen LogP contribution in [0.3, 0.4) is 0 Å². The van der Waals surface area contributed by atoms with Crippen molar-refractivity contribution in [2.75, 3.05) is 5.88 Å². The van der Waals surface area contributed by atoms with Crippen LogP contribution in [0.4, 0.5) is 0 Å². The molecule has 0 amide bonds. The Labute approximate surface area is 122 Å². The first kappa shape index (κ1) is 17.9. The molecule has 17 heavy (non-hydrogen) atoms. The maximum atomic E-state index is 5.67. The van der Waals surface area contributed by atoms with Gasteiger partial charge in [-0.25, -0.2) is 0 Å². The quantitative estimate of drug-likeness (QED) is 0.262. The zero-order valence-corrected chi connectivity index (χ0v) is 13.2. The van der Waals surface area contributed by atoms with Crippen LogP contribution in [0.5, 0.6) is 0 Å². The lowest BCUT2D eigenvalue weighted by atomic mass is 10.1. The highest BCUT2D eigenvalue weighted by Gasteiger charge is 1.98. The highest BCUT2D eigenvalue weighted by molar-refractivity contribution is 6.44. The van der Waals surface area contributed by atoms with Crippen molar-refractivity contribution in [2.45, 2.75) is 81.9 Å². The van der Waals surface area contributed by atoms with E-state index < -0.39 is 0 Å². The average Bonchev–Trinajstić information content (AvgIpc) is 2.30. The first-order valence-corrected chi connectivity index (χ1v) is 8.52. The Morgan fingerprint density at radius 3 is 1.24 bits per heavy atom. The molecule has 0 spiro atoms. The second-order valence-electron chi connectivity index (χ2n) is 4.76. The predicted molar refractivity (Wildman–Crippen MR) is 81.6 cm³/mol. The lowest BCUT2D eigenvalue weighted by molar-refractivity contribution is 0.547. The molecule has 0 aliphatic heterocycles. The Kier molecular flexibility index (Phi) is 15.7. The van der Waals surface area contributed by atoms with Crippen molar-refractivity contribution in [3.63, 3.8) is 0 Å². The van der Waals surface area contributed by atoms with Crippen LogP contribution in [-0.2, 0) is 0 Å². The van der Waals surface area contributed by atoms with Gasteiger partial charge in [-0.1, -0.05) is 64.2 Å². The fraction of sp³-hybridized carbons (Fsp3) is 1.00. The van der Waals surface area contributed by atoms with Crippen LogP contribution in [0.25, 0.3) is 0 Å². The van der Waals surface area contributed by atoms with Crippen molar-refractivity contribution >= 4 is 34.8 Å². The van der Waals surface area contributed by atoms with Crippen molar-refractivity contribution in [1.82, 2.24) is 0 Å². The highest BCUT2D eigenvalue weighted by Crippen LogP contribution is 2.15. The van der Waals surface area contributed by atoms with Crippen LogP contribution < -0.4 is 0 Å². The molecule has 0 heterocycles. The fourth-order valence-electron chi connectivity index (χ4n) is 1.98. The lowest BCUT2D eigenvalue weighted by Gasteiger charge is -2.03. The number of unbranched alkanes of at least 4 members (excludes halogenated alkanes) is 10. The van der Waals surface area contributed by atoms with Crippen LogP contribution >= 0.6 is 34.8 Å². The molecule has 0 unspecified atom stereocenters. The summed E-state index contributed by atoms with van der Waals surface area (Å²) in [6.07, 6.45) is 15.5. The Bertz CT molecular complexity index is 137. The van der Waals surface area contributed by atoms with E-state index in [1.54, 1.807) is 0 Å². The smallest absolute Gasteiger partial charge is 0.107 e. The zero-order valence-electron chi connectivity index (χ0n) is 10.9. The van der Waals surface area contributed by atoms with E-state index in [4.69, 9.17) is 34.8 Å². The predicted octanol–water partition coefficient (Wildman–Crippen LogP) is 6.71. The largest absolute Gasteiger partial charge is 0.127 e. The third-order valence-electron chi connectivity index (χ3n) is 3.06. The van der Waals surface area contributed by atoms with E-state index >= 15 is 0 Å². The van der Waals surface area contributed by atoms with Gasteiger partial charge in [0.2, 0.25) is 0 Å². The van der Waals surface area contributed by atoms with Gasteiger partial charge in [0.1, 0.15) is 4.84 Å². The summed E-state index contributed by atoms with van der Waals surface area (Å²) < 4.78 is 0. The van der Waals surface area contributed by atoms with Gasteiger partial charge >= 0.3 is 0 Å². The molecule has 104 valence electrons. The van der Waals surface area contributed by atoms with E-state index in [0.29, 0.717) is 0 Å². The summed E-state index contributed by atoms with van der Waals surface area (Å²) in [7, 11) is 0. The molecular weight excluding hydrogens is 275 g/mol. The fourth-order valence-corrected chi connectivity index (χ4v) is 2.48. The Balaban J connectivity index is 2.89. The van der Waals surface area contributed by atoms with Gasteiger partial charge < -0.3 is 0 Å². The molecule has 0 saturated heterocycles. The molecule has 3 heteroatoms. The second-order valence-corrected chi connectivity index (χ2v) is 6.41. The molecule has 0 aromatic heterocycles. The maximum absolute atomic E-state index is 5.67. The minimum Gasteiger partial charge on any atom is -0.127 e. The molecule has 0 aromatic carbocycles. The van der Waals surface area contributed by atoms with Crippen LogP contribution in [0.2, 0.25) is 0 Å². The molecule has 0 atom stereocenters. The van der Waals surface area contributed by atoms with E-state index in [1.165, 1.54) is 70.6 Å². The van der Waals surface area contributed by atoms with E-state index in [2.05, 4.69) is 0 Å². The third-order valence-corrected chi connectivity index (χ3v) is 3.76. The van der Waals surface area contributed by atoms with Crippen LogP contribution in [0.1, 0.15) is 77.0 Å². The second kappa shape index (κ2) is 14.9.